The monoisotopic (exact) mass is 217 g/mol. The molecule has 0 radical (unpaired) electrons. The van der Waals surface area contributed by atoms with Crippen molar-refractivity contribution in [2.45, 2.75) is 13.3 Å². The fourth-order valence-corrected chi connectivity index (χ4v) is 1.99. The summed E-state index contributed by atoms with van der Waals surface area (Å²) in [6, 6.07) is 0. The Hall–Kier alpha value is -0.190. The predicted octanol–water partition coefficient (Wildman–Crippen LogP) is 0.558. The van der Waals surface area contributed by atoms with Gasteiger partial charge in [0, 0.05) is 39.3 Å². The van der Waals surface area contributed by atoms with E-state index in [9.17, 15) is 4.39 Å². The van der Waals surface area contributed by atoms with Gasteiger partial charge in [-0.15, -0.1) is 0 Å². The molecule has 1 aliphatic heterocycles. The number of nitrogens with zero attached hydrogens (tertiary/aromatic N) is 2. The maximum atomic E-state index is 12.0. The first kappa shape index (κ1) is 12.9. The van der Waals surface area contributed by atoms with Crippen LogP contribution in [0.4, 0.5) is 4.39 Å². The van der Waals surface area contributed by atoms with Crippen molar-refractivity contribution >= 4 is 0 Å². The van der Waals surface area contributed by atoms with Crippen molar-refractivity contribution in [1.29, 1.82) is 0 Å². The van der Waals surface area contributed by atoms with Crippen LogP contribution in [-0.2, 0) is 0 Å². The summed E-state index contributed by atoms with van der Waals surface area (Å²) in [5, 5.41) is 0. The smallest absolute Gasteiger partial charge is 0.0906 e. The van der Waals surface area contributed by atoms with Crippen LogP contribution in [0.5, 0.6) is 0 Å². The quantitative estimate of drug-likeness (QED) is 0.705. The molecule has 0 bridgehead atoms. The van der Waals surface area contributed by atoms with E-state index in [1.165, 1.54) is 0 Å². The second-order valence-corrected chi connectivity index (χ2v) is 4.53. The Balaban J connectivity index is 2.12. The molecular weight excluding hydrogens is 193 g/mol. The van der Waals surface area contributed by atoms with Gasteiger partial charge in [-0.05, 0) is 18.9 Å². The van der Waals surface area contributed by atoms with E-state index in [0.29, 0.717) is 12.3 Å². The van der Waals surface area contributed by atoms with Gasteiger partial charge in [0.05, 0.1) is 6.67 Å². The van der Waals surface area contributed by atoms with Gasteiger partial charge < -0.3 is 15.5 Å². The highest BCUT2D eigenvalue weighted by Crippen LogP contribution is 2.05. The summed E-state index contributed by atoms with van der Waals surface area (Å²) in [5.41, 5.74) is 5.60. The molecule has 0 amide bonds. The molecule has 4 heteroatoms. The van der Waals surface area contributed by atoms with Crippen LogP contribution in [-0.4, -0.2) is 62.3 Å². The van der Waals surface area contributed by atoms with E-state index in [1.807, 2.05) is 0 Å². The fraction of sp³-hybridized carbons (Fsp3) is 1.00. The van der Waals surface area contributed by atoms with E-state index in [2.05, 4.69) is 16.7 Å². The molecular formula is C11H24FN3. The molecule has 1 atom stereocenters. The lowest BCUT2D eigenvalue weighted by atomic mass is 10.1. The number of alkyl halides is 1. The topological polar surface area (TPSA) is 32.5 Å². The van der Waals surface area contributed by atoms with Gasteiger partial charge in [-0.2, -0.15) is 0 Å². The van der Waals surface area contributed by atoms with E-state index in [1.54, 1.807) is 0 Å². The lowest BCUT2D eigenvalue weighted by Gasteiger charge is -2.35. The Bertz CT molecular complexity index is 158. The van der Waals surface area contributed by atoms with Crippen LogP contribution >= 0.6 is 0 Å². The van der Waals surface area contributed by atoms with Crippen LogP contribution in [0.1, 0.15) is 13.3 Å². The van der Waals surface area contributed by atoms with E-state index in [4.69, 9.17) is 5.73 Å². The highest BCUT2D eigenvalue weighted by atomic mass is 19.1. The van der Waals surface area contributed by atoms with Gasteiger partial charge in [0.2, 0.25) is 0 Å². The van der Waals surface area contributed by atoms with Crippen molar-refractivity contribution in [2.75, 3.05) is 52.5 Å². The van der Waals surface area contributed by atoms with Gasteiger partial charge in [0.15, 0.2) is 0 Å². The van der Waals surface area contributed by atoms with Crippen LogP contribution in [0.15, 0.2) is 0 Å². The van der Waals surface area contributed by atoms with Gasteiger partial charge in [-0.25, -0.2) is 0 Å². The normalized spacial score (nSPS) is 21.8. The second-order valence-electron chi connectivity index (χ2n) is 4.53. The number of piperazine rings is 1. The fourth-order valence-electron chi connectivity index (χ4n) is 1.99. The van der Waals surface area contributed by atoms with Crippen molar-refractivity contribution in [2.24, 2.45) is 11.7 Å². The molecule has 0 aromatic rings. The lowest BCUT2D eigenvalue weighted by Crippen LogP contribution is -2.48. The second kappa shape index (κ2) is 7.14. The third-order valence-electron chi connectivity index (χ3n) is 3.05. The molecule has 1 rings (SSSR count). The molecule has 15 heavy (non-hydrogen) atoms. The van der Waals surface area contributed by atoms with Crippen molar-refractivity contribution in [3.05, 3.63) is 0 Å². The van der Waals surface area contributed by atoms with Gasteiger partial charge in [0.25, 0.3) is 0 Å². The molecule has 3 nitrogen and oxygen atoms in total. The standard InChI is InChI=1S/C11H24FN3/c1-11(9-13)10-15-7-5-14(6-8-15)4-2-3-12/h11H,2-10,13H2,1H3. The van der Waals surface area contributed by atoms with Crippen LogP contribution in [0, 0.1) is 5.92 Å². The summed E-state index contributed by atoms with van der Waals surface area (Å²) >= 11 is 0. The molecule has 2 N–H and O–H groups in total. The van der Waals surface area contributed by atoms with Gasteiger partial charge >= 0.3 is 0 Å². The summed E-state index contributed by atoms with van der Waals surface area (Å²) in [6.45, 7) is 9.16. The molecule has 1 heterocycles. The average molecular weight is 217 g/mol. The predicted molar refractivity (Wildman–Crippen MR) is 61.7 cm³/mol. The summed E-state index contributed by atoms with van der Waals surface area (Å²) in [7, 11) is 0. The first-order valence-electron chi connectivity index (χ1n) is 5.97. The summed E-state index contributed by atoms with van der Waals surface area (Å²) in [5.74, 6) is 0.586. The Labute approximate surface area is 92.4 Å². The minimum atomic E-state index is -0.190. The highest BCUT2D eigenvalue weighted by Gasteiger charge is 2.17. The SMILES string of the molecule is CC(CN)CN1CCN(CCCF)CC1. The van der Waals surface area contributed by atoms with E-state index >= 15 is 0 Å². The van der Waals surface area contributed by atoms with Gasteiger partial charge in [-0.1, -0.05) is 6.92 Å². The molecule has 90 valence electrons. The van der Waals surface area contributed by atoms with Crippen LogP contribution in [0.2, 0.25) is 0 Å². The highest BCUT2D eigenvalue weighted by molar-refractivity contribution is 4.73. The van der Waals surface area contributed by atoms with Crippen molar-refractivity contribution in [3.8, 4) is 0 Å². The molecule has 0 saturated carbocycles. The first-order chi connectivity index (χ1) is 7.26. The first-order valence-corrected chi connectivity index (χ1v) is 5.97. The maximum Gasteiger partial charge on any atom is 0.0906 e. The third-order valence-corrected chi connectivity index (χ3v) is 3.05. The molecule has 0 aromatic carbocycles. The number of hydrogen-bond acceptors (Lipinski definition) is 3. The van der Waals surface area contributed by atoms with Crippen molar-refractivity contribution in [1.82, 2.24) is 9.80 Å². The van der Waals surface area contributed by atoms with Crippen LogP contribution in [0.25, 0.3) is 0 Å². The van der Waals surface area contributed by atoms with Crippen LogP contribution < -0.4 is 5.73 Å². The number of halogens is 1. The van der Waals surface area contributed by atoms with Crippen molar-refractivity contribution < 1.29 is 4.39 Å². The molecule has 0 spiro atoms. The lowest BCUT2D eigenvalue weighted by molar-refractivity contribution is 0.118. The Morgan fingerprint density at radius 2 is 1.80 bits per heavy atom. The van der Waals surface area contributed by atoms with E-state index < -0.39 is 0 Å². The average Bonchev–Trinajstić information content (AvgIpc) is 2.28. The van der Waals surface area contributed by atoms with E-state index in [-0.39, 0.29) is 6.67 Å². The third kappa shape index (κ3) is 4.91. The molecule has 1 unspecified atom stereocenters. The molecule has 0 aromatic heterocycles. The van der Waals surface area contributed by atoms with Gasteiger partial charge in [-0.3, -0.25) is 4.39 Å². The minimum Gasteiger partial charge on any atom is -0.330 e. The molecule has 0 aliphatic carbocycles. The van der Waals surface area contributed by atoms with Crippen LogP contribution in [0.3, 0.4) is 0 Å². The Kier molecular flexibility index (Phi) is 6.13. The largest absolute Gasteiger partial charge is 0.330 e. The minimum absolute atomic E-state index is 0.190. The van der Waals surface area contributed by atoms with Crippen molar-refractivity contribution in [3.63, 3.8) is 0 Å². The Morgan fingerprint density at radius 1 is 1.20 bits per heavy atom. The zero-order chi connectivity index (χ0) is 11.1. The van der Waals surface area contributed by atoms with E-state index in [0.717, 1.165) is 45.8 Å². The Morgan fingerprint density at radius 3 is 2.33 bits per heavy atom. The summed E-state index contributed by atoms with van der Waals surface area (Å²) < 4.78 is 12.0. The number of nitrogens with two attached hydrogens (primary N) is 1. The maximum absolute atomic E-state index is 12.0. The molecule has 1 saturated heterocycles. The zero-order valence-corrected chi connectivity index (χ0v) is 9.79. The summed E-state index contributed by atoms with van der Waals surface area (Å²) in [4.78, 5) is 4.81. The number of rotatable bonds is 6. The number of hydrogen-bond donors (Lipinski definition) is 1. The molecule has 1 fully saturated rings. The zero-order valence-electron chi connectivity index (χ0n) is 9.79. The summed E-state index contributed by atoms with van der Waals surface area (Å²) in [6.07, 6.45) is 0.680. The molecule has 1 aliphatic rings. The van der Waals surface area contributed by atoms with Gasteiger partial charge in [0.1, 0.15) is 0 Å².